The van der Waals surface area contributed by atoms with Crippen LogP contribution in [0.25, 0.3) is 0 Å². The molecule has 1 aromatic rings. The molecule has 0 heterocycles. The van der Waals surface area contributed by atoms with E-state index in [9.17, 15) is 0 Å². The van der Waals surface area contributed by atoms with Gasteiger partial charge in [0.1, 0.15) is 0 Å². The van der Waals surface area contributed by atoms with Gasteiger partial charge in [-0.1, -0.05) is 24.3 Å². The average molecular weight is 191 g/mol. The van der Waals surface area contributed by atoms with Crippen LogP contribution in [-0.4, -0.2) is 12.2 Å². The van der Waals surface area contributed by atoms with Crippen molar-refractivity contribution in [2.45, 2.75) is 38.5 Å². The highest BCUT2D eigenvalue weighted by Gasteiger charge is 2.30. The molecule has 0 bridgehead atoms. The zero-order valence-electron chi connectivity index (χ0n) is 8.73. The third-order valence-corrected chi connectivity index (χ3v) is 2.68. The summed E-state index contributed by atoms with van der Waals surface area (Å²) in [5, 5.41) is 0. The molecule has 2 N–H and O–H groups in total. The van der Waals surface area contributed by atoms with Gasteiger partial charge in [0.2, 0.25) is 0 Å². The molecule has 0 radical (unpaired) electrons. The first-order valence-corrected chi connectivity index (χ1v) is 5.17. The van der Waals surface area contributed by atoms with Crippen molar-refractivity contribution in [3.05, 3.63) is 35.4 Å². The van der Waals surface area contributed by atoms with Gasteiger partial charge in [-0.25, -0.2) is 0 Å². The number of hydrogen-bond donors (Lipinski definition) is 1. The van der Waals surface area contributed by atoms with Crippen LogP contribution in [0, 0.1) is 0 Å². The lowest BCUT2D eigenvalue weighted by Gasteiger charge is -2.19. The average Bonchev–Trinajstić information content (AvgIpc) is 2.44. The molecule has 2 unspecified atom stereocenters. The number of fused-ring (bicyclic) bond motifs is 1. The maximum Gasteiger partial charge on any atom is 0.0811 e. The van der Waals surface area contributed by atoms with Gasteiger partial charge in [-0.3, -0.25) is 0 Å². The smallest absolute Gasteiger partial charge is 0.0811 e. The Labute approximate surface area is 85.1 Å². The summed E-state index contributed by atoms with van der Waals surface area (Å²) in [5.74, 6) is 0. The maximum atomic E-state index is 6.11. The normalized spacial score (nSPS) is 25.4. The highest BCUT2D eigenvalue weighted by atomic mass is 16.5. The molecule has 2 nitrogen and oxygen atoms in total. The fourth-order valence-corrected chi connectivity index (χ4v) is 2.07. The van der Waals surface area contributed by atoms with Gasteiger partial charge in [0.25, 0.3) is 0 Å². The van der Waals surface area contributed by atoms with E-state index in [4.69, 9.17) is 10.5 Å². The van der Waals surface area contributed by atoms with E-state index in [1.807, 2.05) is 6.07 Å². The van der Waals surface area contributed by atoms with Gasteiger partial charge in [-0.15, -0.1) is 0 Å². The van der Waals surface area contributed by atoms with E-state index in [2.05, 4.69) is 32.0 Å². The van der Waals surface area contributed by atoms with E-state index >= 15 is 0 Å². The molecule has 1 aromatic carbocycles. The monoisotopic (exact) mass is 191 g/mol. The van der Waals surface area contributed by atoms with E-state index < -0.39 is 0 Å². The molecule has 1 aliphatic carbocycles. The van der Waals surface area contributed by atoms with Gasteiger partial charge < -0.3 is 10.5 Å². The number of benzene rings is 1. The van der Waals surface area contributed by atoms with Crippen molar-refractivity contribution in [3.63, 3.8) is 0 Å². The number of rotatable bonds is 2. The highest BCUT2D eigenvalue weighted by molar-refractivity contribution is 5.36. The Kier molecular flexibility index (Phi) is 2.57. The molecule has 2 heteroatoms. The highest BCUT2D eigenvalue weighted by Crippen LogP contribution is 2.31. The molecule has 0 aromatic heterocycles. The largest absolute Gasteiger partial charge is 0.373 e. The molecule has 0 amide bonds. The third kappa shape index (κ3) is 1.68. The summed E-state index contributed by atoms with van der Waals surface area (Å²) in [4.78, 5) is 0. The van der Waals surface area contributed by atoms with E-state index in [1.165, 1.54) is 11.1 Å². The van der Waals surface area contributed by atoms with Crippen LogP contribution in [0.5, 0.6) is 0 Å². The van der Waals surface area contributed by atoms with Gasteiger partial charge in [-0.2, -0.15) is 0 Å². The zero-order chi connectivity index (χ0) is 10.1. The molecule has 2 atom stereocenters. The summed E-state index contributed by atoms with van der Waals surface area (Å²) >= 11 is 0. The molecule has 1 aliphatic rings. The Bertz CT molecular complexity index is 322. The fraction of sp³-hybridized carbons (Fsp3) is 0.500. The Balaban J connectivity index is 2.17. The van der Waals surface area contributed by atoms with Crippen LogP contribution in [-0.2, 0) is 11.2 Å². The molecule has 14 heavy (non-hydrogen) atoms. The lowest BCUT2D eigenvalue weighted by molar-refractivity contribution is 0.000239. The van der Waals surface area contributed by atoms with E-state index in [-0.39, 0.29) is 18.2 Å². The first-order valence-electron chi connectivity index (χ1n) is 5.17. The van der Waals surface area contributed by atoms with Crippen molar-refractivity contribution in [1.29, 1.82) is 0 Å². The molecule has 0 spiro atoms. The van der Waals surface area contributed by atoms with Crippen molar-refractivity contribution >= 4 is 0 Å². The maximum absolute atomic E-state index is 6.11. The van der Waals surface area contributed by atoms with E-state index in [0.29, 0.717) is 0 Å². The van der Waals surface area contributed by atoms with Crippen LogP contribution in [0.4, 0.5) is 0 Å². The van der Waals surface area contributed by atoms with Crippen molar-refractivity contribution < 1.29 is 4.74 Å². The second-order valence-corrected chi connectivity index (χ2v) is 4.15. The molecule has 0 saturated carbocycles. The lowest BCUT2D eigenvalue weighted by Crippen LogP contribution is -2.27. The molecule has 76 valence electrons. The molecular weight excluding hydrogens is 174 g/mol. The summed E-state index contributed by atoms with van der Waals surface area (Å²) in [6.45, 7) is 4.10. The van der Waals surface area contributed by atoms with Gasteiger partial charge in [0.05, 0.1) is 18.2 Å². The first-order chi connectivity index (χ1) is 6.68. The summed E-state index contributed by atoms with van der Waals surface area (Å²) < 4.78 is 5.78. The summed E-state index contributed by atoms with van der Waals surface area (Å²) in [5.41, 5.74) is 8.70. The van der Waals surface area contributed by atoms with Crippen LogP contribution in [0.3, 0.4) is 0 Å². The standard InChI is InChI=1S/C12H17NO/c1-8(2)14-11-7-9-5-3-4-6-10(9)12(11)13/h3-6,8,11-12H,7,13H2,1-2H3. The Morgan fingerprint density at radius 1 is 1.36 bits per heavy atom. The molecule has 0 fully saturated rings. The summed E-state index contributed by atoms with van der Waals surface area (Å²) in [6, 6.07) is 8.39. The number of ether oxygens (including phenoxy) is 1. The third-order valence-electron chi connectivity index (χ3n) is 2.68. The van der Waals surface area contributed by atoms with Crippen LogP contribution >= 0.6 is 0 Å². The van der Waals surface area contributed by atoms with Crippen molar-refractivity contribution in [1.82, 2.24) is 0 Å². The number of hydrogen-bond acceptors (Lipinski definition) is 2. The van der Waals surface area contributed by atoms with Gasteiger partial charge in [0.15, 0.2) is 0 Å². The van der Waals surface area contributed by atoms with E-state index in [0.717, 1.165) is 6.42 Å². The predicted molar refractivity (Wildman–Crippen MR) is 57.1 cm³/mol. The van der Waals surface area contributed by atoms with Gasteiger partial charge in [0, 0.05) is 6.42 Å². The molecule has 0 saturated heterocycles. The van der Waals surface area contributed by atoms with Crippen LogP contribution in [0.15, 0.2) is 24.3 Å². The Morgan fingerprint density at radius 3 is 2.71 bits per heavy atom. The van der Waals surface area contributed by atoms with Crippen molar-refractivity contribution in [3.8, 4) is 0 Å². The first kappa shape index (κ1) is 9.69. The van der Waals surface area contributed by atoms with Crippen molar-refractivity contribution in [2.75, 3.05) is 0 Å². The van der Waals surface area contributed by atoms with Crippen LogP contribution in [0.2, 0.25) is 0 Å². The second-order valence-electron chi connectivity index (χ2n) is 4.15. The lowest BCUT2D eigenvalue weighted by atomic mass is 10.1. The van der Waals surface area contributed by atoms with Gasteiger partial charge in [-0.05, 0) is 25.0 Å². The predicted octanol–water partition coefficient (Wildman–Crippen LogP) is 2.04. The quantitative estimate of drug-likeness (QED) is 0.776. The van der Waals surface area contributed by atoms with Crippen LogP contribution < -0.4 is 5.73 Å². The Morgan fingerprint density at radius 2 is 2.07 bits per heavy atom. The molecule has 2 rings (SSSR count). The molecular formula is C12H17NO. The zero-order valence-corrected chi connectivity index (χ0v) is 8.73. The second kappa shape index (κ2) is 3.71. The minimum atomic E-state index is 0.0496. The summed E-state index contributed by atoms with van der Waals surface area (Å²) in [6.07, 6.45) is 1.36. The molecule has 0 aliphatic heterocycles. The van der Waals surface area contributed by atoms with Crippen molar-refractivity contribution in [2.24, 2.45) is 5.73 Å². The van der Waals surface area contributed by atoms with Crippen LogP contribution in [0.1, 0.15) is 31.0 Å². The topological polar surface area (TPSA) is 35.2 Å². The SMILES string of the molecule is CC(C)OC1Cc2ccccc2C1N. The van der Waals surface area contributed by atoms with Gasteiger partial charge >= 0.3 is 0 Å². The minimum absolute atomic E-state index is 0.0496. The minimum Gasteiger partial charge on any atom is -0.373 e. The Hall–Kier alpha value is -0.860. The fourth-order valence-electron chi connectivity index (χ4n) is 2.07. The number of nitrogens with two attached hydrogens (primary N) is 1. The summed E-state index contributed by atoms with van der Waals surface area (Å²) in [7, 11) is 0. The van der Waals surface area contributed by atoms with E-state index in [1.54, 1.807) is 0 Å².